The van der Waals surface area contributed by atoms with Crippen molar-refractivity contribution in [1.29, 1.82) is 0 Å². The van der Waals surface area contributed by atoms with Crippen LogP contribution in [-0.2, 0) is 0 Å². The van der Waals surface area contributed by atoms with Gasteiger partial charge in [-0.15, -0.1) is 0 Å². The van der Waals surface area contributed by atoms with Crippen LogP contribution in [0.1, 0.15) is 12.8 Å². The van der Waals surface area contributed by atoms with E-state index in [1.165, 1.54) is 0 Å². The van der Waals surface area contributed by atoms with E-state index in [9.17, 15) is 0 Å². The fourth-order valence-electron chi connectivity index (χ4n) is 1.30. The van der Waals surface area contributed by atoms with Gasteiger partial charge in [0.2, 0.25) is 0 Å². The summed E-state index contributed by atoms with van der Waals surface area (Å²) < 4.78 is 5.67. The minimum atomic E-state index is 0.912. The van der Waals surface area contributed by atoms with Gasteiger partial charge in [0.15, 0.2) is 0 Å². The first-order valence-corrected chi connectivity index (χ1v) is 4.52. The molecular weight excluding hydrogens is 160 g/mol. The first-order chi connectivity index (χ1) is 6.45. The van der Waals surface area contributed by atoms with Gasteiger partial charge in [0.1, 0.15) is 11.5 Å². The Kier molecular flexibility index (Phi) is 2.46. The van der Waals surface area contributed by atoms with Crippen LogP contribution in [0.25, 0.3) is 0 Å². The first kappa shape index (κ1) is 8.11. The van der Waals surface area contributed by atoms with Crippen LogP contribution in [-0.4, -0.2) is 0 Å². The Morgan fingerprint density at radius 1 is 1.00 bits per heavy atom. The molecule has 0 N–H and O–H groups in total. The number of benzene rings is 1. The second kappa shape index (κ2) is 3.94. The molecule has 0 heterocycles. The van der Waals surface area contributed by atoms with Crippen LogP contribution in [0.3, 0.4) is 0 Å². The molecule has 13 heavy (non-hydrogen) atoms. The molecule has 0 amide bonds. The number of para-hydroxylation sites is 1. The lowest BCUT2D eigenvalue weighted by atomic mass is 10.2. The normalized spacial score (nSPS) is 15.2. The van der Waals surface area contributed by atoms with Crippen molar-refractivity contribution < 1.29 is 4.74 Å². The highest BCUT2D eigenvalue weighted by Crippen LogP contribution is 2.17. The Labute approximate surface area is 78.3 Å². The van der Waals surface area contributed by atoms with Gasteiger partial charge in [-0.2, -0.15) is 0 Å². The zero-order valence-corrected chi connectivity index (χ0v) is 7.44. The molecule has 0 aliphatic heterocycles. The summed E-state index contributed by atoms with van der Waals surface area (Å²) in [5.74, 6) is 1.97. The van der Waals surface area contributed by atoms with Gasteiger partial charge in [-0.3, -0.25) is 0 Å². The van der Waals surface area contributed by atoms with Gasteiger partial charge in [0, 0.05) is 6.42 Å². The Balaban J connectivity index is 2.02. The van der Waals surface area contributed by atoms with Crippen molar-refractivity contribution in [2.75, 3.05) is 0 Å². The van der Waals surface area contributed by atoms with Gasteiger partial charge >= 0.3 is 0 Å². The summed E-state index contributed by atoms with van der Waals surface area (Å²) in [6.45, 7) is 0. The lowest BCUT2D eigenvalue weighted by molar-refractivity contribution is 0.412. The van der Waals surface area contributed by atoms with Crippen LogP contribution < -0.4 is 4.74 Å². The molecule has 1 aliphatic rings. The van der Waals surface area contributed by atoms with Crippen molar-refractivity contribution in [2.24, 2.45) is 0 Å². The molecule has 0 bridgehead atoms. The molecule has 0 fully saturated rings. The Bertz CT molecular complexity index is 322. The van der Waals surface area contributed by atoms with Crippen LogP contribution in [0.4, 0.5) is 0 Å². The SMILES string of the molecule is C1=CCC(Oc2ccccc2)=CC1. The molecule has 0 saturated carbocycles. The van der Waals surface area contributed by atoms with E-state index in [1.807, 2.05) is 30.3 Å². The Hall–Kier alpha value is -1.50. The van der Waals surface area contributed by atoms with E-state index in [-0.39, 0.29) is 0 Å². The molecular formula is C12H12O. The number of allylic oxidation sites excluding steroid dienone is 3. The van der Waals surface area contributed by atoms with Crippen LogP contribution in [0.5, 0.6) is 5.75 Å². The molecule has 66 valence electrons. The van der Waals surface area contributed by atoms with E-state index < -0.39 is 0 Å². The summed E-state index contributed by atoms with van der Waals surface area (Å²) in [6, 6.07) is 9.89. The van der Waals surface area contributed by atoms with Gasteiger partial charge in [-0.25, -0.2) is 0 Å². The molecule has 1 aliphatic carbocycles. The average molecular weight is 172 g/mol. The molecule has 0 spiro atoms. The maximum absolute atomic E-state index is 5.67. The van der Waals surface area contributed by atoms with Gasteiger partial charge in [-0.1, -0.05) is 30.4 Å². The molecule has 0 aromatic heterocycles. The van der Waals surface area contributed by atoms with Crippen molar-refractivity contribution >= 4 is 0 Å². The van der Waals surface area contributed by atoms with E-state index in [1.54, 1.807) is 0 Å². The monoisotopic (exact) mass is 172 g/mol. The second-order valence-electron chi connectivity index (χ2n) is 3.00. The predicted molar refractivity (Wildman–Crippen MR) is 53.5 cm³/mol. The summed E-state index contributed by atoms with van der Waals surface area (Å²) in [6.07, 6.45) is 8.31. The molecule has 2 rings (SSSR count). The van der Waals surface area contributed by atoms with Crippen LogP contribution in [0.2, 0.25) is 0 Å². The van der Waals surface area contributed by atoms with E-state index in [2.05, 4.69) is 18.2 Å². The van der Waals surface area contributed by atoms with Crippen molar-refractivity contribution in [3.63, 3.8) is 0 Å². The van der Waals surface area contributed by atoms with Crippen molar-refractivity contribution in [3.05, 3.63) is 54.3 Å². The quantitative estimate of drug-likeness (QED) is 0.622. The number of rotatable bonds is 2. The smallest absolute Gasteiger partial charge is 0.126 e. The molecule has 0 unspecified atom stereocenters. The standard InChI is InChI=1S/C12H12O/c1-3-7-11(8-4-1)13-12-9-5-2-6-10-12/h1-5,7-8,10H,6,9H2. The van der Waals surface area contributed by atoms with E-state index in [0.29, 0.717) is 0 Å². The third-order valence-corrected chi connectivity index (χ3v) is 1.96. The summed E-state index contributed by atoms with van der Waals surface area (Å²) in [7, 11) is 0. The maximum atomic E-state index is 5.67. The lowest BCUT2D eigenvalue weighted by Gasteiger charge is -2.10. The van der Waals surface area contributed by atoms with Gasteiger partial charge < -0.3 is 4.74 Å². The third kappa shape index (κ3) is 2.22. The fourth-order valence-corrected chi connectivity index (χ4v) is 1.30. The van der Waals surface area contributed by atoms with Crippen LogP contribution in [0.15, 0.2) is 54.3 Å². The average Bonchev–Trinajstić information content (AvgIpc) is 2.21. The molecule has 0 atom stereocenters. The topological polar surface area (TPSA) is 9.23 Å². The van der Waals surface area contributed by atoms with Gasteiger partial charge in [0.05, 0.1) is 0 Å². The fraction of sp³-hybridized carbons (Fsp3) is 0.167. The zero-order chi connectivity index (χ0) is 8.93. The summed E-state index contributed by atoms with van der Waals surface area (Å²) in [5.41, 5.74) is 0. The molecule has 1 heteroatoms. The highest BCUT2D eigenvalue weighted by atomic mass is 16.5. The molecule has 1 nitrogen and oxygen atoms in total. The lowest BCUT2D eigenvalue weighted by Crippen LogP contribution is -1.96. The third-order valence-electron chi connectivity index (χ3n) is 1.96. The molecule has 1 aromatic rings. The van der Waals surface area contributed by atoms with E-state index >= 15 is 0 Å². The Morgan fingerprint density at radius 3 is 2.54 bits per heavy atom. The zero-order valence-electron chi connectivity index (χ0n) is 7.44. The van der Waals surface area contributed by atoms with Gasteiger partial charge in [-0.05, 0) is 24.6 Å². The maximum Gasteiger partial charge on any atom is 0.126 e. The number of hydrogen-bond donors (Lipinski definition) is 0. The molecule has 0 saturated heterocycles. The number of hydrogen-bond acceptors (Lipinski definition) is 1. The summed E-state index contributed by atoms with van der Waals surface area (Å²) >= 11 is 0. The van der Waals surface area contributed by atoms with Crippen molar-refractivity contribution in [1.82, 2.24) is 0 Å². The second-order valence-corrected chi connectivity index (χ2v) is 3.00. The van der Waals surface area contributed by atoms with Crippen LogP contribution >= 0.6 is 0 Å². The minimum absolute atomic E-state index is 0.912. The first-order valence-electron chi connectivity index (χ1n) is 4.52. The summed E-state index contributed by atoms with van der Waals surface area (Å²) in [4.78, 5) is 0. The van der Waals surface area contributed by atoms with Crippen LogP contribution in [0, 0.1) is 0 Å². The predicted octanol–water partition coefficient (Wildman–Crippen LogP) is 3.30. The van der Waals surface area contributed by atoms with E-state index in [0.717, 1.165) is 24.4 Å². The molecule has 1 aromatic carbocycles. The highest BCUT2D eigenvalue weighted by Gasteiger charge is 2.00. The van der Waals surface area contributed by atoms with E-state index in [4.69, 9.17) is 4.74 Å². The highest BCUT2D eigenvalue weighted by molar-refractivity contribution is 5.24. The van der Waals surface area contributed by atoms with Crippen molar-refractivity contribution in [2.45, 2.75) is 12.8 Å². The molecule has 0 radical (unpaired) electrons. The largest absolute Gasteiger partial charge is 0.462 e. The Morgan fingerprint density at radius 2 is 1.85 bits per heavy atom. The summed E-state index contributed by atoms with van der Waals surface area (Å²) in [5, 5.41) is 0. The van der Waals surface area contributed by atoms with Gasteiger partial charge in [0.25, 0.3) is 0 Å². The number of ether oxygens (including phenoxy) is 1. The van der Waals surface area contributed by atoms with Crippen molar-refractivity contribution in [3.8, 4) is 5.75 Å². The minimum Gasteiger partial charge on any atom is -0.462 e.